The summed E-state index contributed by atoms with van der Waals surface area (Å²) < 4.78 is 15.1. The van der Waals surface area contributed by atoms with E-state index >= 15 is 0 Å². The highest BCUT2D eigenvalue weighted by Crippen LogP contribution is 2.28. The van der Waals surface area contributed by atoms with Crippen molar-refractivity contribution in [3.8, 4) is 11.5 Å². The van der Waals surface area contributed by atoms with Gasteiger partial charge in [0.05, 0.1) is 14.2 Å². The number of carbonyl (C=O) groups excluding carboxylic acids is 3. The van der Waals surface area contributed by atoms with E-state index in [1.807, 2.05) is 6.07 Å². The molecule has 3 aromatic carbocycles. The summed E-state index contributed by atoms with van der Waals surface area (Å²) in [6.45, 7) is -0.278. The first-order chi connectivity index (χ1) is 15.5. The number of ether oxygens (including phenoxy) is 3. The number of amides is 2. The van der Waals surface area contributed by atoms with Crippen LogP contribution in [0, 0.1) is 0 Å². The van der Waals surface area contributed by atoms with Crippen molar-refractivity contribution in [2.24, 2.45) is 0 Å². The van der Waals surface area contributed by atoms with Crippen LogP contribution >= 0.6 is 0 Å². The summed E-state index contributed by atoms with van der Waals surface area (Å²) >= 11 is 0. The van der Waals surface area contributed by atoms with Gasteiger partial charge in [0.1, 0.15) is 0 Å². The Labute approximate surface area is 185 Å². The number of nitrogens with one attached hydrogen (secondary N) is 2. The molecular weight excluding hydrogens is 412 g/mol. The largest absolute Gasteiger partial charge is 0.493 e. The molecule has 0 aliphatic carbocycles. The van der Waals surface area contributed by atoms with Gasteiger partial charge < -0.3 is 24.8 Å². The minimum absolute atomic E-state index is 0.249. The molecule has 0 fully saturated rings. The van der Waals surface area contributed by atoms with Crippen molar-refractivity contribution in [3.63, 3.8) is 0 Å². The second kappa shape index (κ2) is 10.6. The fraction of sp³-hybridized carbons (Fsp3) is 0.125. The third-order valence-corrected chi connectivity index (χ3v) is 4.41. The molecule has 3 aromatic rings. The monoisotopic (exact) mass is 434 g/mol. The van der Waals surface area contributed by atoms with E-state index in [0.717, 1.165) is 0 Å². The van der Waals surface area contributed by atoms with Crippen molar-refractivity contribution in [2.45, 2.75) is 0 Å². The van der Waals surface area contributed by atoms with Crippen molar-refractivity contribution >= 4 is 29.2 Å². The maximum absolute atomic E-state index is 12.7. The molecule has 0 saturated heterocycles. The average Bonchev–Trinajstić information content (AvgIpc) is 2.83. The van der Waals surface area contributed by atoms with Crippen LogP contribution < -0.4 is 20.1 Å². The Morgan fingerprint density at radius 3 is 2.00 bits per heavy atom. The third-order valence-electron chi connectivity index (χ3n) is 4.41. The lowest BCUT2D eigenvalue weighted by Crippen LogP contribution is -2.15. The molecule has 0 bridgehead atoms. The molecule has 32 heavy (non-hydrogen) atoms. The lowest BCUT2D eigenvalue weighted by molar-refractivity contribution is -0.142. The second-order valence-corrected chi connectivity index (χ2v) is 6.59. The molecule has 0 spiro atoms. The van der Waals surface area contributed by atoms with E-state index in [0.29, 0.717) is 34.0 Å². The van der Waals surface area contributed by atoms with Crippen molar-refractivity contribution in [1.82, 2.24) is 0 Å². The predicted octanol–water partition coefficient (Wildman–Crippen LogP) is 3.75. The fourth-order valence-electron chi connectivity index (χ4n) is 2.79. The molecule has 8 heteroatoms. The Morgan fingerprint density at radius 2 is 1.38 bits per heavy atom. The topological polar surface area (TPSA) is 103 Å². The van der Waals surface area contributed by atoms with Crippen LogP contribution in [0.15, 0.2) is 72.8 Å². The number of benzene rings is 3. The van der Waals surface area contributed by atoms with Gasteiger partial charge in [-0.1, -0.05) is 24.3 Å². The molecule has 0 aliphatic rings. The summed E-state index contributed by atoms with van der Waals surface area (Å²) in [5.41, 5.74) is 1.90. The van der Waals surface area contributed by atoms with Crippen LogP contribution in [0.3, 0.4) is 0 Å². The van der Waals surface area contributed by atoms with Gasteiger partial charge in [0.2, 0.25) is 0 Å². The highest BCUT2D eigenvalue weighted by atomic mass is 16.6. The van der Waals surface area contributed by atoms with Crippen molar-refractivity contribution in [2.75, 3.05) is 31.5 Å². The van der Waals surface area contributed by atoms with Crippen LogP contribution in [0.1, 0.15) is 20.7 Å². The fourth-order valence-corrected chi connectivity index (χ4v) is 2.79. The van der Waals surface area contributed by atoms with E-state index in [9.17, 15) is 14.4 Å². The zero-order chi connectivity index (χ0) is 22.9. The Balaban J connectivity index is 1.68. The maximum Gasteiger partial charge on any atom is 0.343 e. The highest BCUT2D eigenvalue weighted by molar-refractivity contribution is 6.06. The van der Waals surface area contributed by atoms with Gasteiger partial charge in [-0.25, -0.2) is 4.79 Å². The van der Waals surface area contributed by atoms with Crippen molar-refractivity contribution < 1.29 is 28.6 Å². The number of methoxy groups -OCH3 is 2. The first kappa shape index (κ1) is 22.4. The number of anilines is 2. The van der Waals surface area contributed by atoms with Gasteiger partial charge in [-0.15, -0.1) is 0 Å². The van der Waals surface area contributed by atoms with Crippen LogP contribution in [0.4, 0.5) is 11.4 Å². The molecule has 0 unspecified atom stereocenters. The summed E-state index contributed by atoms with van der Waals surface area (Å²) in [6.07, 6.45) is 0. The van der Waals surface area contributed by atoms with Gasteiger partial charge in [0, 0.05) is 22.5 Å². The molecule has 0 atom stereocenters. The Hall–Kier alpha value is -4.33. The maximum atomic E-state index is 12.7. The molecular formula is C24H22N2O6. The molecule has 0 heterocycles. The zero-order valence-electron chi connectivity index (χ0n) is 17.6. The number of hydrogen-bond acceptors (Lipinski definition) is 6. The number of esters is 1. The number of rotatable bonds is 8. The molecule has 0 saturated carbocycles. The zero-order valence-corrected chi connectivity index (χ0v) is 17.6. The van der Waals surface area contributed by atoms with Crippen LogP contribution in [0.5, 0.6) is 11.5 Å². The number of hydrogen-bond donors (Lipinski definition) is 2. The predicted molar refractivity (Wildman–Crippen MR) is 119 cm³/mol. The Morgan fingerprint density at radius 1 is 0.719 bits per heavy atom. The smallest absolute Gasteiger partial charge is 0.343 e. The van der Waals surface area contributed by atoms with E-state index in [-0.39, 0.29) is 18.4 Å². The number of carbonyl (C=O) groups is 3. The van der Waals surface area contributed by atoms with Gasteiger partial charge in [0.15, 0.2) is 18.1 Å². The standard InChI is InChI=1S/C24H22N2O6/c1-30-21-13-17(11-12-20(21)32-15-22(27)31-2)24(29)26-19-10-6-9-18(14-19)25-23(28)16-7-4-3-5-8-16/h3-14H,15H2,1-2H3,(H,25,28)(H,26,29). The normalized spacial score (nSPS) is 10.1. The highest BCUT2D eigenvalue weighted by Gasteiger charge is 2.13. The Kier molecular flexibility index (Phi) is 7.42. The van der Waals surface area contributed by atoms with Gasteiger partial charge in [-0.05, 0) is 48.5 Å². The van der Waals surface area contributed by atoms with Gasteiger partial charge in [0.25, 0.3) is 11.8 Å². The van der Waals surface area contributed by atoms with E-state index in [1.54, 1.807) is 54.6 Å². The molecule has 8 nitrogen and oxygen atoms in total. The van der Waals surface area contributed by atoms with Crippen LogP contribution in [-0.2, 0) is 9.53 Å². The van der Waals surface area contributed by atoms with E-state index in [2.05, 4.69) is 15.4 Å². The SMILES string of the molecule is COC(=O)COc1ccc(C(=O)Nc2cccc(NC(=O)c3ccccc3)c2)cc1OC. The van der Waals surface area contributed by atoms with Crippen molar-refractivity contribution in [1.29, 1.82) is 0 Å². The summed E-state index contributed by atoms with van der Waals surface area (Å²) in [5, 5.41) is 5.58. The Bertz CT molecular complexity index is 1110. The minimum atomic E-state index is -0.534. The second-order valence-electron chi connectivity index (χ2n) is 6.59. The van der Waals surface area contributed by atoms with Crippen LogP contribution in [0.25, 0.3) is 0 Å². The van der Waals surface area contributed by atoms with Crippen LogP contribution in [0.2, 0.25) is 0 Å². The van der Waals surface area contributed by atoms with Gasteiger partial charge >= 0.3 is 5.97 Å². The molecule has 0 aromatic heterocycles. The molecule has 0 aliphatic heterocycles. The molecule has 2 N–H and O–H groups in total. The lowest BCUT2D eigenvalue weighted by Gasteiger charge is -2.12. The molecule has 3 rings (SSSR count). The molecule has 2 amide bonds. The average molecular weight is 434 g/mol. The quantitative estimate of drug-likeness (QED) is 0.524. The first-order valence-corrected chi connectivity index (χ1v) is 9.65. The van der Waals surface area contributed by atoms with E-state index in [4.69, 9.17) is 9.47 Å². The summed E-state index contributed by atoms with van der Waals surface area (Å²) in [5.74, 6) is -0.561. The molecule has 164 valence electrons. The first-order valence-electron chi connectivity index (χ1n) is 9.65. The summed E-state index contributed by atoms with van der Waals surface area (Å²) in [4.78, 5) is 36.3. The summed E-state index contributed by atoms with van der Waals surface area (Å²) in [6, 6.07) is 20.2. The minimum Gasteiger partial charge on any atom is -0.493 e. The van der Waals surface area contributed by atoms with E-state index < -0.39 is 5.97 Å². The lowest BCUT2D eigenvalue weighted by atomic mass is 10.1. The van der Waals surface area contributed by atoms with Gasteiger partial charge in [-0.3, -0.25) is 9.59 Å². The van der Waals surface area contributed by atoms with Crippen LogP contribution in [-0.4, -0.2) is 38.6 Å². The van der Waals surface area contributed by atoms with Gasteiger partial charge in [-0.2, -0.15) is 0 Å². The van der Waals surface area contributed by atoms with Crippen molar-refractivity contribution in [3.05, 3.63) is 83.9 Å². The third kappa shape index (κ3) is 5.85. The summed E-state index contributed by atoms with van der Waals surface area (Å²) in [7, 11) is 2.69. The molecule has 0 radical (unpaired) electrons. The van der Waals surface area contributed by atoms with E-state index in [1.165, 1.54) is 26.4 Å².